The molecule has 0 aromatic carbocycles. The smallest absolute Gasteiger partial charge is 0.196 e. The van der Waals surface area contributed by atoms with E-state index in [1.165, 1.54) is 45.5 Å². The van der Waals surface area contributed by atoms with Crippen molar-refractivity contribution < 1.29 is 13.3 Å². The number of allylic oxidation sites excluding steroid dienone is 1. The Hall–Kier alpha value is -5.65. The molecule has 0 aliphatic carbocycles. The largest absolute Gasteiger partial charge is 0.451 e. The van der Waals surface area contributed by atoms with Gasteiger partial charge in [0.05, 0.1) is 52.5 Å². The fourth-order valence-corrected chi connectivity index (χ4v) is 7.01. The lowest BCUT2D eigenvalue weighted by Crippen LogP contribution is -2.02. The van der Waals surface area contributed by atoms with Gasteiger partial charge in [-0.3, -0.25) is 9.98 Å². The number of thiazole rings is 3. The summed E-state index contributed by atoms with van der Waals surface area (Å²) < 4.78 is 14.7. The van der Waals surface area contributed by atoms with Gasteiger partial charge < -0.3 is 23.2 Å². The van der Waals surface area contributed by atoms with E-state index in [1.54, 1.807) is 71.6 Å². The number of nitrogens with zero attached hydrogens (tertiary/aromatic N) is 9. The molecule has 0 spiro atoms. The Kier molecular flexibility index (Phi) is 91.1. The highest BCUT2D eigenvalue weighted by molar-refractivity contribution is 7.09. The molecule has 17 heteroatoms. The van der Waals surface area contributed by atoms with Crippen LogP contribution in [-0.2, 0) is 0 Å². The van der Waals surface area contributed by atoms with Crippen molar-refractivity contribution in [1.29, 1.82) is 0 Å². The first-order valence-corrected chi connectivity index (χ1v) is 36.4. The first kappa shape index (κ1) is 103. The van der Waals surface area contributed by atoms with E-state index in [0.29, 0.717) is 53.3 Å². The fourth-order valence-electron chi connectivity index (χ4n) is 5.00. The molecule has 2 N–H and O–H groups in total. The van der Waals surface area contributed by atoms with Gasteiger partial charge >= 0.3 is 0 Å². The fraction of sp³-hybridized carbons (Fsp3) is 0.630. The number of oxazole rings is 3. The second kappa shape index (κ2) is 79.4. The van der Waals surface area contributed by atoms with Crippen molar-refractivity contribution in [2.24, 2.45) is 10.9 Å². The molecule has 0 unspecified atom stereocenters. The van der Waals surface area contributed by atoms with Crippen molar-refractivity contribution in [3.05, 3.63) is 154 Å². The summed E-state index contributed by atoms with van der Waals surface area (Å²) >= 11 is 5.10. The maximum Gasteiger partial charge on any atom is 0.196 e. The SMILES string of the molecule is CC.CC.CC.CC.CC.CC.CC.CC.CC.CC(C)C1=NC=CC1.CC(C)c1cnc[nH]1.CC(C)c1cnc[nH]1.CC(C)c1cnco1.CC(C)c1cncs1.CC(C)c1cocn1.CC(C)c1cscn1.CC(C)c1ncco1.CC(C)c1nccs1. The molecule has 0 bridgehead atoms. The summed E-state index contributed by atoms with van der Waals surface area (Å²) in [7, 11) is 0. The molecule has 0 saturated carbocycles. The van der Waals surface area contributed by atoms with Crippen molar-refractivity contribution in [2.45, 2.75) is 303 Å². The van der Waals surface area contributed by atoms with Gasteiger partial charge in [-0.15, -0.1) is 34.0 Å². The Morgan fingerprint density at radius 3 is 1.13 bits per heavy atom. The molecule has 8 aromatic heterocycles. The number of imidazole rings is 2. The molecule has 90 heavy (non-hydrogen) atoms. The van der Waals surface area contributed by atoms with E-state index in [1.807, 2.05) is 186 Å². The Morgan fingerprint density at radius 1 is 0.433 bits per heavy atom. The number of hydrogen-bond acceptors (Lipinski definition) is 15. The molecule has 1 aliphatic heterocycles. The number of hydrogen-bond donors (Lipinski definition) is 2. The van der Waals surface area contributed by atoms with Gasteiger partial charge in [-0.25, -0.2) is 34.9 Å². The monoisotopic (exact) mass is 1310 g/mol. The maximum atomic E-state index is 4.98. The van der Waals surface area contributed by atoms with Crippen LogP contribution in [0.5, 0.6) is 0 Å². The molecule has 522 valence electrons. The minimum absolute atomic E-state index is 0.407. The Bertz CT molecular complexity index is 1910. The van der Waals surface area contributed by atoms with Gasteiger partial charge in [0.2, 0.25) is 0 Å². The van der Waals surface area contributed by atoms with Crippen LogP contribution in [0.1, 0.15) is 347 Å². The number of nitrogens with one attached hydrogen (secondary N) is 2. The average molecular weight is 1320 g/mol. The van der Waals surface area contributed by atoms with Crippen LogP contribution in [0.25, 0.3) is 0 Å². The number of aromatic nitrogens is 10. The van der Waals surface area contributed by atoms with Crippen LogP contribution >= 0.6 is 34.0 Å². The van der Waals surface area contributed by atoms with Gasteiger partial charge in [0.15, 0.2) is 18.7 Å². The van der Waals surface area contributed by atoms with E-state index >= 15 is 0 Å². The minimum atomic E-state index is 0.407. The van der Waals surface area contributed by atoms with Crippen LogP contribution in [0.2, 0.25) is 0 Å². The molecule has 0 saturated heterocycles. The van der Waals surface area contributed by atoms with Crippen molar-refractivity contribution >= 4 is 39.7 Å². The maximum absolute atomic E-state index is 4.98. The van der Waals surface area contributed by atoms with Gasteiger partial charge in [0.1, 0.15) is 18.3 Å². The zero-order chi connectivity index (χ0) is 71.8. The number of aliphatic imine (C=N–C) groups is 1. The number of rotatable bonds is 9. The minimum Gasteiger partial charge on any atom is -0.451 e. The Balaban J connectivity index is -0.000000113. The van der Waals surface area contributed by atoms with E-state index < -0.39 is 0 Å². The lowest BCUT2D eigenvalue weighted by molar-refractivity contribution is 0.471. The summed E-state index contributed by atoms with van der Waals surface area (Å²) in [6.45, 7) is 74.2. The van der Waals surface area contributed by atoms with Crippen LogP contribution in [0, 0.1) is 5.92 Å². The zero-order valence-corrected chi connectivity index (χ0v) is 66.7. The van der Waals surface area contributed by atoms with Gasteiger partial charge in [0, 0.05) is 87.9 Å². The molecule has 0 amide bonds. The van der Waals surface area contributed by atoms with Crippen molar-refractivity contribution in [3.63, 3.8) is 0 Å². The van der Waals surface area contributed by atoms with E-state index in [9.17, 15) is 0 Å². The molecule has 9 heterocycles. The van der Waals surface area contributed by atoms with Crippen molar-refractivity contribution in [3.8, 4) is 0 Å². The normalized spacial score (nSPS) is 9.54. The topological polar surface area (TPSA) is 186 Å². The van der Waals surface area contributed by atoms with Crippen molar-refractivity contribution in [2.75, 3.05) is 0 Å². The van der Waals surface area contributed by atoms with Gasteiger partial charge in [-0.2, -0.15) is 0 Å². The molecule has 0 radical (unpaired) electrons. The van der Waals surface area contributed by atoms with Gasteiger partial charge in [0.25, 0.3) is 0 Å². The molecule has 1 aliphatic rings. The first-order valence-electron chi connectivity index (χ1n) is 33.7. The molecular formula is C73H139N11O3S3. The van der Waals surface area contributed by atoms with Crippen LogP contribution in [0.3, 0.4) is 0 Å². The van der Waals surface area contributed by atoms with E-state index in [2.05, 4.69) is 177 Å². The Labute approximate surface area is 566 Å². The highest BCUT2D eigenvalue weighted by atomic mass is 32.1. The van der Waals surface area contributed by atoms with E-state index in [-0.39, 0.29) is 0 Å². The molecule has 0 atom stereocenters. The lowest BCUT2D eigenvalue weighted by atomic mass is 10.1. The van der Waals surface area contributed by atoms with Gasteiger partial charge in [-0.1, -0.05) is 255 Å². The molecule has 8 aromatic rings. The van der Waals surface area contributed by atoms with E-state index in [0.717, 1.165) is 23.8 Å². The molecular weight excluding hydrogens is 1180 g/mol. The summed E-state index contributed by atoms with van der Waals surface area (Å²) in [5.74, 6) is 6.69. The predicted octanol–water partition coefficient (Wildman–Crippen LogP) is 26.5. The third kappa shape index (κ3) is 62.5. The second-order valence-corrected chi connectivity index (χ2v) is 21.6. The molecule has 9 rings (SSSR count). The summed E-state index contributed by atoms with van der Waals surface area (Å²) in [5, 5.41) is 5.32. The highest BCUT2D eigenvalue weighted by Crippen LogP contribution is 2.18. The number of H-pyrrole nitrogens is 2. The molecule has 14 nitrogen and oxygen atoms in total. The van der Waals surface area contributed by atoms with Crippen LogP contribution in [0.15, 0.2) is 127 Å². The lowest BCUT2D eigenvalue weighted by Gasteiger charge is -2.00. The quantitative estimate of drug-likeness (QED) is 0.140. The summed E-state index contributed by atoms with van der Waals surface area (Å²) in [4.78, 5) is 43.3. The first-order chi connectivity index (χ1) is 43.2. The van der Waals surface area contributed by atoms with E-state index in [4.69, 9.17) is 13.3 Å². The highest BCUT2D eigenvalue weighted by Gasteiger charge is 2.05. The van der Waals surface area contributed by atoms with Crippen LogP contribution in [-0.4, -0.2) is 55.6 Å². The third-order valence-electron chi connectivity index (χ3n) is 9.64. The second-order valence-electron chi connectivity index (χ2n) is 19.0. The zero-order valence-electron chi connectivity index (χ0n) is 64.3. The Morgan fingerprint density at radius 2 is 0.956 bits per heavy atom. The van der Waals surface area contributed by atoms with Gasteiger partial charge in [-0.05, 0) is 35.5 Å². The average Bonchev–Trinajstić information content (AvgIpc) is 4.50. The summed E-state index contributed by atoms with van der Waals surface area (Å²) in [6.07, 6.45) is 25.5. The number of aromatic amines is 2. The third-order valence-corrected chi connectivity index (χ3v) is 12.4. The van der Waals surface area contributed by atoms with Crippen molar-refractivity contribution in [1.82, 2.24) is 49.8 Å². The summed E-state index contributed by atoms with van der Waals surface area (Å²) in [6, 6.07) is 0. The van der Waals surface area contributed by atoms with Crippen LogP contribution in [0.4, 0.5) is 0 Å². The standard InChI is InChI=1S/C7H11N.2C6H10N2.3C6H9NO.3C6H9NS.9C2H6/c1-6(2)7-4-3-5-8-7;2*1-5(2)6-3-7-4-8-6;1-5(2)6-3-8-4-7-6;1-5(2)6-3-7-4-8-6;1-5(2)6-7-3-4-8-6;1-5(2)6-3-8-4-7-6;1-5(2)6-3-7-4-8-6;1-5(2)6-7-3-4-8-6;9*1-2/h3,5-6H,4H2,1-2H3;2*3-5H,1-2H3,(H,7,8);6*3-5H,1-2H3;9*1-2H3. The molecule has 0 fully saturated rings. The van der Waals surface area contributed by atoms with Crippen LogP contribution < -0.4 is 0 Å². The predicted molar refractivity (Wildman–Crippen MR) is 404 cm³/mol. The summed E-state index contributed by atoms with van der Waals surface area (Å²) in [5.41, 5.74) is 9.67.